The number of unbranched alkanes of at least 4 members (excludes halogenated alkanes) is 1. The first-order valence-electron chi connectivity index (χ1n) is 5.68. The number of aliphatic carboxylic acids is 1. The molecule has 6 heteroatoms. The van der Waals surface area contributed by atoms with E-state index in [1.54, 1.807) is 0 Å². The predicted octanol–water partition coefficient (Wildman–Crippen LogP) is 1.59. The van der Waals surface area contributed by atoms with Crippen LogP contribution in [0.3, 0.4) is 0 Å². The zero-order valence-electron chi connectivity index (χ0n) is 10.0. The number of aromatic nitrogens is 1. The van der Waals surface area contributed by atoms with Crippen molar-refractivity contribution >= 4 is 11.9 Å². The van der Waals surface area contributed by atoms with Crippen LogP contribution in [0, 0.1) is 5.82 Å². The second-order valence-electron chi connectivity index (χ2n) is 3.90. The standard InChI is InChI=1S/C12H15FN2O3/c1-2-3-4-10(12(17)18)15-11(16)8-5-9(13)7-14-6-8/h5-7,10H,2-4H2,1H3,(H,15,16)(H,17,18)/t10-/m0/s1. The Hall–Kier alpha value is -1.98. The number of halogens is 1. The molecule has 1 aromatic heterocycles. The molecule has 1 amide bonds. The van der Waals surface area contributed by atoms with Gasteiger partial charge in [-0.3, -0.25) is 9.78 Å². The lowest BCUT2D eigenvalue weighted by Gasteiger charge is -2.13. The average Bonchev–Trinajstić information content (AvgIpc) is 2.33. The topological polar surface area (TPSA) is 79.3 Å². The first kappa shape index (κ1) is 14.1. The summed E-state index contributed by atoms with van der Waals surface area (Å²) < 4.78 is 12.9. The fourth-order valence-corrected chi connectivity index (χ4v) is 1.44. The van der Waals surface area contributed by atoms with Crippen LogP contribution in [0.5, 0.6) is 0 Å². The second-order valence-corrected chi connectivity index (χ2v) is 3.90. The lowest BCUT2D eigenvalue weighted by molar-refractivity contribution is -0.139. The summed E-state index contributed by atoms with van der Waals surface area (Å²) in [6.45, 7) is 1.93. The fraction of sp³-hybridized carbons (Fsp3) is 0.417. The highest BCUT2D eigenvalue weighted by Gasteiger charge is 2.20. The Labute approximate surface area is 104 Å². The Balaban J connectivity index is 2.69. The molecule has 0 unspecified atom stereocenters. The van der Waals surface area contributed by atoms with Gasteiger partial charge in [0.2, 0.25) is 0 Å². The number of carbonyl (C=O) groups excluding carboxylic acids is 1. The molecule has 0 aliphatic carbocycles. The van der Waals surface area contributed by atoms with Crippen molar-refractivity contribution in [3.8, 4) is 0 Å². The molecule has 0 saturated heterocycles. The lowest BCUT2D eigenvalue weighted by Crippen LogP contribution is -2.40. The second kappa shape index (κ2) is 6.68. The molecule has 5 nitrogen and oxygen atoms in total. The Morgan fingerprint density at radius 2 is 2.22 bits per heavy atom. The van der Waals surface area contributed by atoms with Crippen molar-refractivity contribution in [2.45, 2.75) is 32.2 Å². The molecule has 1 heterocycles. The van der Waals surface area contributed by atoms with Gasteiger partial charge in [0.15, 0.2) is 0 Å². The molecular weight excluding hydrogens is 239 g/mol. The number of hydrogen-bond acceptors (Lipinski definition) is 3. The normalized spacial score (nSPS) is 11.9. The number of amides is 1. The molecule has 0 radical (unpaired) electrons. The Kier molecular flexibility index (Phi) is 5.23. The molecule has 18 heavy (non-hydrogen) atoms. The Morgan fingerprint density at radius 1 is 1.50 bits per heavy atom. The lowest BCUT2D eigenvalue weighted by atomic mass is 10.1. The molecule has 0 aromatic carbocycles. The van der Waals surface area contributed by atoms with Gasteiger partial charge in [-0.15, -0.1) is 0 Å². The predicted molar refractivity (Wildman–Crippen MR) is 62.6 cm³/mol. The molecule has 2 N–H and O–H groups in total. The highest BCUT2D eigenvalue weighted by molar-refractivity contribution is 5.96. The number of carboxylic acid groups (broad SMARTS) is 1. The van der Waals surface area contributed by atoms with E-state index in [4.69, 9.17) is 5.11 Å². The first-order chi connectivity index (χ1) is 8.54. The Morgan fingerprint density at radius 3 is 2.78 bits per heavy atom. The van der Waals surface area contributed by atoms with Crippen LogP contribution in [0.15, 0.2) is 18.5 Å². The van der Waals surface area contributed by atoms with Crippen LogP contribution in [0.4, 0.5) is 4.39 Å². The summed E-state index contributed by atoms with van der Waals surface area (Å²) in [5.41, 5.74) is 0.0118. The highest BCUT2D eigenvalue weighted by atomic mass is 19.1. The van der Waals surface area contributed by atoms with E-state index in [2.05, 4.69) is 10.3 Å². The van der Waals surface area contributed by atoms with E-state index >= 15 is 0 Å². The molecule has 0 spiro atoms. The summed E-state index contributed by atoms with van der Waals surface area (Å²) in [6.07, 6.45) is 4.04. The molecule has 0 aliphatic heterocycles. The van der Waals surface area contributed by atoms with Gasteiger partial charge in [0.25, 0.3) is 5.91 Å². The van der Waals surface area contributed by atoms with E-state index in [1.807, 2.05) is 6.92 Å². The van der Waals surface area contributed by atoms with E-state index in [0.29, 0.717) is 12.8 Å². The van der Waals surface area contributed by atoms with Crippen molar-refractivity contribution in [2.24, 2.45) is 0 Å². The van der Waals surface area contributed by atoms with Gasteiger partial charge in [0, 0.05) is 6.20 Å². The SMILES string of the molecule is CCCC[C@H](NC(=O)c1cncc(F)c1)C(=O)O. The summed E-state index contributed by atoms with van der Waals surface area (Å²) in [5.74, 6) is -2.37. The number of nitrogens with zero attached hydrogens (tertiary/aromatic N) is 1. The van der Waals surface area contributed by atoms with Gasteiger partial charge in [-0.25, -0.2) is 9.18 Å². The summed E-state index contributed by atoms with van der Waals surface area (Å²) in [7, 11) is 0. The van der Waals surface area contributed by atoms with Crippen LogP contribution in [0.25, 0.3) is 0 Å². The third-order valence-corrected chi connectivity index (χ3v) is 2.42. The van der Waals surface area contributed by atoms with E-state index in [1.165, 1.54) is 6.20 Å². The minimum Gasteiger partial charge on any atom is -0.480 e. The largest absolute Gasteiger partial charge is 0.480 e. The summed E-state index contributed by atoms with van der Waals surface area (Å²) in [6, 6.07) is 0.0573. The van der Waals surface area contributed by atoms with Crippen LogP contribution in [-0.2, 0) is 4.79 Å². The van der Waals surface area contributed by atoms with Crippen LogP contribution in [-0.4, -0.2) is 28.0 Å². The molecule has 0 saturated carbocycles. The number of carboxylic acids is 1. The fourth-order valence-electron chi connectivity index (χ4n) is 1.44. The van der Waals surface area contributed by atoms with Crippen LogP contribution >= 0.6 is 0 Å². The molecular formula is C12H15FN2O3. The Bertz CT molecular complexity index is 437. The maximum Gasteiger partial charge on any atom is 0.326 e. The number of pyridine rings is 1. The van der Waals surface area contributed by atoms with Crippen LogP contribution in [0.2, 0.25) is 0 Å². The van der Waals surface area contributed by atoms with Crippen LogP contribution < -0.4 is 5.32 Å². The third-order valence-electron chi connectivity index (χ3n) is 2.42. The van der Waals surface area contributed by atoms with Crippen molar-refractivity contribution in [1.82, 2.24) is 10.3 Å². The summed E-state index contributed by atoms with van der Waals surface area (Å²) in [5, 5.41) is 11.3. The third kappa shape index (κ3) is 4.12. The van der Waals surface area contributed by atoms with Crippen molar-refractivity contribution < 1.29 is 19.1 Å². The maximum atomic E-state index is 12.9. The maximum absolute atomic E-state index is 12.9. The minimum absolute atomic E-state index is 0.0118. The van der Waals surface area contributed by atoms with Crippen molar-refractivity contribution in [2.75, 3.05) is 0 Å². The minimum atomic E-state index is -1.10. The molecule has 1 rings (SSSR count). The number of nitrogens with one attached hydrogen (secondary N) is 1. The van der Waals surface area contributed by atoms with Gasteiger partial charge in [-0.1, -0.05) is 19.8 Å². The van der Waals surface area contributed by atoms with Gasteiger partial charge in [-0.05, 0) is 12.5 Å². The first-order valence-corrected chi connectivity index (χ1v) is 5.68. The van der Waals surface area contributed by atoms with Gasteiger partial charge in [0.05, 0.1) is 11.8 Å². The summed E-state index contributed by atoms with van der Waals surface area (Å²) in [4.78, 5) is 26.2. The van der Waals surface area contributed by atoms with Gasteiger partial charge >= 0.3 is 5.97 Å². The van der Waals surface area contributed by atoms with Crippen molar-refractivity contribution in [1.29, 1.82) is 0 Å². The average molecular weight is 254 g/mol. The summed E-state index contributed by atoms with van der Waals surface area (Å²) >= 11 is 0. The van der Waals surface area contributed by atoms with Crippen LogP contribution in [0.1, 0.15) is 36.5 Å². The van der Waals surface area contributed by atoms with E-state index < -0.39 is 23.7 Å². The van der Waals surface area contributed by atoms with E-state index in [9.17, 15) is 14.0 Å². The highest BCUT2D eigenvalue weighted by Crippen LogP contribution is 2.05. The molecule has 98 valence electrons. The zero-order valence-corrected chi connectivity index (χ0v) is 10.0. The van der Waals surface area contributed by atoms with E-state index in [0.717, 1.165) is 18.7 Å². The molecule has 0 fully saturated rings. The van der Waals surface area contributed by atoms with Gasteiger partial charge in [0.1, 0.15) is 11.9 Å². The molecule has 1 atom stereocenters. The number of hydrogen-bond donors (Lipinski definition) is 2. The van der Waals surface area contributed by atoms with Crippen molar-refractivity contribution in [3.63, 3.8) is 0 Å². The monoisotopic (exact) mass is 254 g/mol. The number of carbonyl (C=O) groups is 2. The van der Waals surface area contributed by atoms with Gasteiger partial charge in [-0.2, -0.15) is 0 Å². The van der Waals surface area contributed by atoms with E-state index in [-0.39, 0.29) is 5.56 Å². The van der Waals surface area contributed by atoms with Gasteiger partial charge < -0.3 is 10.4 Å². The zero-order chi connectivity index (χ0) is 13.5. The number of rotatable bonds is 6. The molecule has 1 aromatic rings. The molecule has 0 bridgehead atoms. The smallest absolute Gasteiger partial charge is 0.326 e. The van der Waals surface area contributed by atoms with Crippen molar-refractivity contribution in [3.05, 3.63) is 29.8 Å². The quantitative estimate of drug-likeness (QED) is 0.808. The molecule has 0 aliphatic rings.